The van der Waals surface area contributed by atoms with Crippen LogP contribution in [0.15, 0.2) is 11.6 Å². The minimum absolute atomic E-state index is 0.00487. The number of hydrogen-bond donors (Lipinski definition) is 1. The van der Waals surface area contributed by atoms with Crippen molar-refractivity contribution in [3.05, 3.63) is 11.6 Å². The number of aliphatic hydroxyl groups is 1. The molecule has 0 bridgehead atoms. The standard InChI is InChI=1S/C21H34O4/c1-15(2)25-20(24)13-9-4-3-8-12-17-18(22)14-19(23)21(17)16-10-6-5-7-11-16/h10,15,17,19,21,23H,3-9,11-14H2,1-2H3/t17-,19+,21+/m0/s1. The fraction of sp³-hybridized carbons (Fsp3) is 0.810. The maximum atomic E-state index is 12.3. The Labute approximate surface area is 152 Å². The van der Waals surface area contributed by atoms with Crippen LogP contribution >= 0.6 is 0 Å². The fourth-order valence-corrected chi connectivity index (χ4v) is 4.27. The molecule has 0 aromatic carbocycles. The molecule has 0 saturated heterocycles. The van der Waals surface area contributed by atoms with Crippen molar-refractivity contribution in [1.82, 2.24) is 0 Å². The molecule has 1 saturated carbocycles. The topological polar surface area (TPSA) is 63.6 Å². The minimum Gasteiger partial charge on any atom is -0.463 e. The predicted octanol–water partition coefficient (Wildman–Crippen LogP) is 4.35. The Morgan fingerprint density at radius 1 is 1.24 bits per heavy atom. The van der Waals surface area contributed by atoms with Crippen LogP contribution in [-0.2, 0) is 14.3 Å². The van der Waals surface area contributed by atoms with E-state index in [0.717, 1.165) is 44.9 Å². The van der Waals surface area contributed by atoms with Gasteiger partial charge < -0.3 is 9.84 Å². The lowest BCUT2D eigenvalue weighted by molar-refractivity contribution is -0.147. The third-order valence-electron chi connectivity index (χ3n) is 5.44. The molecule has 2 rings (SSSR count). The number of aliphatic hydroxyl groups excluding tert-OH is 1. The number of rotatable bonds is 9. The van der Waals surface area contributed by atoms with E-state index in [1.807, 2.05) is 13.8 Å². The highest BCUT2D eigenvalue weighted by atomic mass is 16.5. The highest BCUT2D eigenvalue weighted by Crippen LogP contribution is 2.41. The number of carbonyl (C=O) groups excluding carboxylic acids is 2. The molecule has 1 fully saturated rings. The highest BCUT2D eigenvalue weighted by molar-refractivity contribution is 5.85. The van der Waals surface area contributed by atoms with Crippen molar-refractivity contribution in [2.24, 2.45) is 11.8 Å². The van der Waals surface area contributed by atoms with Crippen LogP contribution in [0, 0.1) is 11.8 Å². The quantitative estimate of drug-likeness (QED) is 0.381. The van der Waals surface area contributed by atoms with Crippen LogP contribution in [0.2, 0.25) is 0 Å². The van der Waals surface area contributed by atoms with Crippen molar-refractivity contribution in [2.75, 3.05) is 0 Å². The molecule has 0 aromatic heterocycles. The molecule has 4 nitrogen and oxygen atoms in total. The first-order chi connectivity index (χ1) is 12.0. The third-order valence-corrected chi connectivity index (χ3v) is 5.44. The van der Waals surface area contributed by atoms with Gasteiger partial charge in [-0.3, -0.25) is 9.59 Å². The molecule has 1 N–H and O–H groups in total. The van der Waals surface area contributed by atoms with Gasteiger partial charge in [-0.15, -0.1) is 0 Å². The number of Topliss-reactive ketones (excluding diaryl/α,β-unsaturated/α-hetero) is 1. The maximum Gasteiger partial charge on any atom is 0.306 e. The van der Waals surface area contributed by atoms with Crippen LogP contribution < -0.4 is 0 Å². The molecule has 2 aliphatic rings. The average Bonchev–Trinajstić information content (AvgIpc) is 2.84. The van der Waals surface area contributed by atoms with Crippen LogP contribution in [0.4, 0.5) is 0 Å². The van der Waals surface area contributed by atoms with E-state index in [4.69, 9.17) is 4.74 Å². The zero-order chi connectivity index (χ0) is 18.2. The van der Waals surface area contributed by atoms with Gasteiger partial charge in [-0.25, -0.2) is 0 Å². The molecule has 0 radical (unpaired) electrons. The summed E-state index contributed by atoms with van der Waals surface area (Å²) in [4.78, 5) is 23.8. The summed E-state index contributed by atoms with van der Waals surface area (Å²) in [6.45, 7) is 3.73. The van der Waals surface area contributed by atoms with Crippen molar-refractivity contribution >= 4 is 11.8 Å². The monoisotopic (exact) mass is 350 g/mol. The van der Waals surface area contributed by atoms with Gasteiger partial charge in [0.1, 0.15) is 5.78 Å². The first-order valence-corrected chi connectivity index (χ1v) is 10.1. The van der Waals surface area contributed by atoms with E-state index in [2.05, 4.69) is 6.08 Å². The summed E-state index contributed by atoms with van der Waals surface area (Å²) < 4.78 is 5.13. The number of hydrogen-bond acceptors (Lipinski definition) is 4. The second kappa shape index (κ2) is 10.1. The lowest BCUT2D eigenvalue weighted by Gasteiger charge is -2.26. The number of esters is 1. The number of ether oxygens (including phenoxy) is 1. The van der Waals surface area contributed by atoms with Crippen LogP contribution in [0.25, 0.3) is 0 Å². The Bertz CT molecular complexity index is 480. The van der Waals surface area contributed by atoms with Gasteiger partial charge in [-0.05, 0) is 52.4 Å². The second-order valence-electron chi connectivity index (χ2n) is 7.89. The fourth-order valence-electron chi connectivity index (χ4n) is 4.27. The van der Waals surface area contributed by atoms with Gasteiger partial charge in [0.15, 0.2) is 0 Å². The first kappa shape index (κ1) is 20.2. The van der Waals surface area contributed by atoms with Crippen molar-refractivity contribution in [3.8, 4) is 0 Å². The predicted molar refractivity (Wildman–Crippen MR) is 98.1 cm³/mol. The smallest absolute Gasteiger partial charge is 0.306 e. The highest BCUT2D eigenvalue weighted by Gasteiger charge is 2.42. The molecular formula is C21H34O4. The lowest BCUT2D eigenvalue weighted by atomic mass is 9.79. The summed E-state index contributed by atoms with van der Waals surface area (Å²) in [7, 11) is 0. The molecule has 25 heavy (non-hydrogen) atoms. The van der Waals surface area contributed by atoms with E-state index in [1.165, 1.54) is 18.4 Å². The van der Waals surface area contributed by atoms with Crippen molar-refractivity contribution in [2.45, 2.75) is 96.7 Å². The van der Waals surface area contributed by atoms with Crippen LogP contribution in [0.5, 0.6) is 0 Å². The van der Waals surface area contributed by atoms with Crippen LogP contribution in [0.1, 0.15) is 84.5 Å². The van der Waals surface area contributed by atoms with Gasteiger partial charge in [0.25, 0.3) is 0 Å². The van der Waals surface area contributed by atoms with Gasteiger partial charge in [0.05, 0.1) is 12.2 Å². The molecule has 0 heterocycles. The van der Waals surface area contributed by atoms with Gasteiger partial charge in [-0.2, -0.15) is 0 Å². The summed E-state index contributed by atoms with van der Waals surface area (Å²) in [6, 6.07) is 0. The number of unbranched alkanes of at least 4 members (excludes halogenated alkanes) is 3. The maximum absolute atomic E-state index is 12.3. The average molecular weight is 350 g/mol. The second-order valence-corrected chi connectivity index (χ2v) is 7.89. The Balaban J connectivity index is 1.70. The van der Waals surface area contributed by atoms with Crippen molar-refractivity contribution in [3.63, 3.8) is 0 Å². The number of carbonyl (C=O) groups is 2. The summed E-state index contributed by atoms with van der Waals surface area (Å²) >= 11 is 0. The van der Waals surface area contributed by atoms with Crippen LogP contribution in [-0.4, -0.2) is 29.1 Å². The van der Waals surface area contributed by atoms with Gasteiger partial charge in [0, 0.05) is 24.7 Å². The Hall–Kier alpha value is -1.16. The van der Waals surface area contributed by atoms with Crippen molar-refractivity contribution in [1.29, 1.82) is 0 Å². The summed E-state index contributed by atoms with van der Waals surface area (Å²) in [5, 5.41) is 10.3. The van der Waals surface area contributed by atoms with Crippen molar-refractivity contribution < 1.29 is 19.4 Å². The van der Waals surface area contributed by atoms with Gasteiger partial charge in [0.2, 0.25) is 0 Å². The van der Waals surface area contributed by atoms with E-state index in [1.54, 1.807) is 0 Å². The van der Waals surface area contributed by atoms with E-state index in [0.29, 0.717) is 12.8 Å². The van der Waals surface area contributed by atoms with Gasteiger partial charge in [-0.1, -0.05) is 30.9 Å². The molecule has 4 heteroatoms. The van der Waals surface area contributed by atoms with E-state index >= 15 is 0 Å². The van der Waals surface area contributed by atoms with E-state index < -0.39 is 6.10 Å². The molecule has 0 spiro atoms. The molecule has 0 amide bonds. The number of allylic oxidation sites excluding steroid dienone is 1. The van der Waals surface area contributed by atoms with Crippen LogP contribution in [0.3, 0.4) is 0 Å². The molecule has 2 aliphatic carbocycles. The van der Waals surface area contributed by atoms with E-state index in [9.17, 15) is 14.7 Å². The SMILES string of the molecule is CC(C)OC(=O)CCCCCC[C@H]1C(=O)C[C@@H](O)[C@@H]1C1=CCCCC1. The molecule has 0 aliphatic heterocycles. The Morgan fingerprint density at radius 2 is 2.00 bits per heavy atom. The van der Waals surface area contributed by atoms with E-state index in [-0.39, 0.29) is 29.7 Å². The largest absolute Gasteiger partial charge is 0.463 e. The zero-order valence-electron chi connectivity index (χ0n) is 15.8. The molecule has 0 unspecified atom stereocenters. The Kier molecular flexibility index (Phi) is 8.14. The normalized spacial score (nSPS) is 26.8. The third kappa shape index (κ3) is 6.25. The zero-order valence-corrected chi connectivity index (χ0v) is 15.8. The van der Waals surface area contributed by atoms with Gasteiger partial charge >= 0.3 is 5.97 Å². The Morgan fingerprint density at radius 3 is 2.68 bits per heavy atom. The lowest BCUT2D eigenvalue weighted by Crippen LogP contribution is -2.23. The summed E-state index contributed by atoms with van der Waals surface area (Å²) in [6.07, 6.45) is 11.8. The molecule has 3 atom stereocenters. The molecular weight excluding hydrogens is 316 g/mol. The summed E-state index contributed by atoms with van der Waals surface area (Å²) in [5.74, 6) is 0.192. The first-order valence-electron chi connectivity index (χ1n) is 10.1. The number of ketones is 1. The molecule has 0 aromatic rings. The molecule has 142 valence electrons. The summed E-state index contributed by atoms with van der Waals surface area (Å²) in [5.41, 5.74) is 1.33. The minimum atomic E-state index is -0.479.